The summed E-state index contributed by atoms with van der Waals surface area (Å²) in [5, 5.41) is 16.3. The van der Waals surface area contributed by atoms with Crippen LogP contribution in [0.5, 0.6) is 5.75 Å². The zero-order valence-corrected chi connectivity index (χ0v) is 14.4. The van der Waals surface area contributed by atoms with E-state index in [1.807, 2.05) is 0 Å². The molecule has 1 aliphatic carbocycles. The van der Waals surface area contributed by atoms with Gasteiger partial charge >= 0.3 is 10.2 Å². The Balaban J connectivity index is 1.78. The molecule has 1 aromatic carbocycles. The van der Waals surface area contributed by atoms with Crippen LogP contribution in [0.4, 0.5) is 18.9 Å². The van der Waals surface area contributed by atoms with Crippen LogP contribution in [0, 0.1) is 5.82 Å². The van der Waals surface area contributed by atoms with Crippen LogP contribution >= 0.6 is 0 Å². The molecule has 1 aliphatic heterocycles. The minimum Gasteiger partial charge on any atom is -0.506 e. The maximum Gasteiger partial charge on any atom is 0.326 e. The second-order valence-corrected chi connectivity index (χ2v) is 8.05. The summed E-state index contributed by atoms with van der Waals surface area (Å²) in [6.07, 6.45) is -2.09. The number of aromatic amines is 1. The molecule has 0 radical (unpaired) electrons. The number of hydrogen-bond donors (Lipinski definition) is 3. The van der Waals surface area contributed by atoms with E-state index in [2.05, 4.69) is 10.2 Å². The first-order valence-corrected chi connectivity index (χ1v) is 9.29. The number of rotatable bonds is 4. The van der Waals surface area contributed by atoms with Crippen LogP contribution in [0.3, 0.4) is 0 Å². The van der Waals surface area contributed by atoms with Gasteiger partial charge in [-0.2, -0.15) is 13.5 Å². The van der Waals surface area contributed by atoms with Gasteiger partial charge < -0.3 is 5.11 Å². The Labute approximate surface area is 151 Å². The summed E-state index contributed by atoms with van der Waals surface area (Å²) in [6, 6.07) is 3.48. The van der Waals surface area contributed by atoms with Gasteiger partial charge in [-0.25, -0.2) is 22.2 Å². The number of amides is 1. The molecular formula is C15H13F3N4O4S. The molecule has 2 fully saturated rings. The summed E-state index contributed by atoms with van der Waals surface area (Å²) in [5.41, 5.74) is -2.10. The summed E-state index contributed by atoms with van der Waals surface area (Å²) >= 11 is 0. The number of phenols is 1. The van der Waals surface area contributed by atoms with Crippen LogP contribution < -0.4 is 9.03 Å². The van der Waals surface area contributed by atoms with Gasteiger partial charge in [0, 0.05) is 5.56 Å². The molecule has 27 heavy (non-hydrogen) atoms. The van der Waals surface area contributed by atoms with E-state index < -0.39 is 51.8 Å². The van der Waals surface area contributed by atoms with Crippen molar-refractivity contribution in [1.29, 1.82) is 0 Å². The maximum atomic E-state index is 15.0. The fraction of sp³-hybridized carbons (Fsp3) is 0.333. The average Bonchev–Trinajstić information content (AvgIpc) is 3.17. The van der Waals surface area contributed by atoms with Crippen molar-refractivity contribution < 1.29 is 31.5 Å². The smallest absolute Gasteiger partial charge is 0.326 e. The molecule has 3 N–H and O–H groups in total. The predicted molar refractivity (Wildman–Crippen MR) is 87.0 cm³/mol. The number of H-pyrrole nitrogens is 1. The van der Waals surface area contributed by atoms with Crippen LogP contribution in [-0.2, 0) is 20.4 Å². The van der Waals surface area contributed by atoms with E-state index in [4.69, 9.17) is 0 Å². The highest BCUT2D eigenvalue weighted by Gasteiger charge is 2.54. The third kappa shape index (κ3) is 2.62. The molecule has 1 saturated carbocycles. The minimum atomic E-state index is -4.34. The zero-order valence-electron chi connectivity index (χ0n) is 13.5. The number of halogens is 3. The van der Waals surface area contributed by atoms with Crippen molar-refractivity contribution in [3.63, 3.8) is 0 Å². The van der Waals surface area contributed by atoms with Crippen molar-refractivity contribution in [1.82, 2.24) is 14.9 Å². The van der Waals surface area contributed by atoms with E-state index in [1.54, 1.807) is 4.72 Å². The number of hydrogen-bond acceptors (Lipinski definition) is 5. The van der Waals surface area contributed by atoms with Gasteiger partial charge in [0.15, 0.2) is 5.82 Å². The monoisotopic (exact) mass is 402 g/mol. The summed E-state index contributed by atoms with van der Waals surface area (Å²) in [4.78, 5) is 11.4. The second-order valence-electron chi connectivity index (χ2n) is 6.46. The Morgan fingerprint density at radius 3 is 2.56 bits per heavy atom. The quantitative estimate of drug-likeness (QED) is 0.715. The Morgan fingerprint density at radius 2 is 2.00 bits per heavy atom. The van der Waals surface area contributed by atoms with Crippen molar-refractivity contribution in [2.45, 2.75) is 24.7 Å². The Bertz CT molecular complexity index is 1050. The number of alkyl halides is 2. The summed E-state index contributed by atoms with van der Waals surface area (Å²) < 4.78 is 67.5. The van der Waals surface area contributed by atoms with Gasteiger partial charge in [0.25, 0.3) is 5.91 Å². The molecular weight excluding hydrogens is 389 g/mol. The number of carbonyl (C=O) groups excluding carboxylic acids is 1. The van der Waals surface area contributed by atoms with Gasteiger partial charge in [-0.1, -0.05) is 0 Å². The standard InChI is InChI=1S/C15H13F3N4O4S/c16-12-7(8-5-10(20-19-8)15(3-4-15)14(17)18)1-2-9(23)13(12)22-6-11(24)21-27(22,25)26/h1-2,5,14,23H,3-4,6H2,(H,19,20)(H,21,24). The van der Waals surface area contributed by atoms with Crippen LogP contribution in [0.25, 0.3) is 11.3 Å². The molecule has 1 aromatic heterocycles. The van der Waals surface area contributed by atoms with Gasteiger partial charge in [0.2, 0.25) is 6.43 Å². The molecule has 0 spiro atoms. The third-order valence-corrected chi connectivity index (χ3v) is 6.13. The highest BCUT2D eigenvalue weighted by atomic mass is 32.2. The maximum absolute atomic E-state index is 15.0. The normalized spacial score (nSPS) is 20.1. The van der Waals surface area contributed by atoms with E-state index in [-0.39, 0.29) is 29.8 Å². The van der Waals surface area contributed by atoms with Gasteiger partial charge in [-0.3, -0.25) is 9.89 Å². The van der Waals surface area contributed by atoms with Crippen LogP contribution in [0.1, 0.15) is 18.5 Å². The van der Waals surface area contributed by atoms with E-state index in [1.165, 1.54) is 6.07 Å². The molecule has 0 bridgehead atoms. The van der Waals surface area contributed by atoms with E-state index in [0.29, 0.717) is 4.31 Å². The van der Waals surface area contributed by atoms with E-state index >= 15 is 4.39 Å². The van der Waals surface area contributed by atoms with Crippen LogP contribution in [0.2, 0.25) is 0 Å². The number of aromatic hydroxyl groups is 1. The molecule has 12 heteroatoms. The lowest BCUT2D eigenvalue weighted by Crippen LogP contribution is -2.30. The second kappa shape index (κ2) is 5.62. The fourth-order valence-corrected chi connectivity index (χ4v) is 4.24. The van der Waals surface area contributed by atoms with Crippen molar-refractivity contribution in [2.24, 2.45) is 0 Å². The number of phenolic OH excluding ortho intramolecular Hbond substituents is 1. The molecule has 0 unspecified atom stereocenters. The molecule has 0 atom stereocenters. The topological polar surface area (TPSA) is 115 Å². The number of benzene rings is 1. The predicted octanol–water partition coefficient (Wildman–Crippen LogP) is 1.40. The zero-order chi connectivity index (χ0) is 19.6. The van der Waals surface area contributed by atoms with E-state index in [9.17, 15) is 27.1 Å². The van der Waals surface area contributed by atoms with Gasteiger partial charge in [-0.15, -0.1) is 0 Å². The first kappa shape index (κ1) is 17.6. The molecule has 2 aromatic rings. The first-order chi connectivity index (χ1) is 12.7. The number of aromatic nitrogens is 2. The molecule has 2 aliphatic rings. The largest absolute Gasteiger partial charge is 0.506 e. The fourth-order valence-electron chi connectivity index (χ4n) is 3.08. The third-order valence-electron chi connectivity index (χ3n) is 4.75. The molecule has 8 nitrogen and oxygen atoms in total. The lowest BCUT2D eigenvalue weighted by atomic mass is 10.0. The number of nitrogens with zero attached hydrogens (tertiary/aromatic N) is 2. The van der Waals surface area contributed by atoms with Gasteiger partial charge in [0.1, 0.15) is 18.0 Å². The molecule has 1 saturated heterocycles. The van der Waals surface area contributed by atoms with Crippen molar-refractivity contribution in [3.8, 4) is 17.0 Å². The Hall–Kier alpha value is -2.76. The molecule has 144 valence electrons. The molecule has 4 rings (SSSR count). The first-order valence-electron chi connectivity index (χ1n) is 7.85. The Kier molecular flexibility index (Phi) is 3.67. The summed E-state index contributed by atoms with van der Waals surface area (Å²) in [6.45, 7) is -0.695. The van der Waals surface area contributed by atoms with Crippen molar-refractivity contribution >= 4 is 21.8 Å². The lowest BCUT2D eigenvalue weighted by Gasteiger charge is -2.18. The summed E-state index contributed by atoms with van der Waals surface area (Å²) in [5.74, 6) is -2.70. The SMILES string of the molecule is O=C1CN(c2c(O)ccc(-c3cc(C4(C(F)F)CC4)n[nH]3)c2F)S(=O)(=O)N1. The van der Waals surface area contributed by atoms with Gasteiger partial charge in [0.05, 0.1) is 16.8 Å². The van der Waals surface area contributed by atoms with Crippen molar-refractivity contribution in [3.05, 3.63) is 29.7 Å². The Morgan fingerprint density at radius 1 is 1.30 bits per heavy atom. The number of anilines is 1. The average molecular weight is 402 g/mol. The van der Waals surface area contributed by atoms with Crippen molar-refractivity contribution in [2.75, 3.05) is 10.8 Å². The summed E-state index contributed by atoms with van der Waals surface area (Å²) in [7, 11) is -4.34. The molecule has 2 heterocycles. The minimum absolute atomic E-state index is 0.0477. The van der Waals surface area contributed by atoms with Gasteiger partial charge in [-0.05, 0) is 31.0 Å². The highest BCUT2D eigenvalue weighted by Crippen LogP contribution is 2.52. The number of carbonyl (C=O) groups is 1. The van der Waals surface area contributed by atoms with Crippen LogP contribution in [0.15, 0.2) is 18.2 Å². The van der Waals surface area contributed by atoms with E-state index in [0.717, 1.165) is 12.1 Å². The molecule has 1 amide bonds. The number of nitrogens with one attached hydrogen (secondary N) is 2. The highest BCUT2D eigenvalue weighted by molar-refractivity contribution is 7.92. The van der Waals surface area contributed by atoms with Crippen LogP contribution in [-0.4, -0.2) is 42.6 Å². The lowest BCUT2D eigenvalue weighted by molar-refractivity contribution is -0.117.